The SMILES string of the molecule is COC(=O)c1ccc(C)c(NC(=O)COC(=O)c2ccc(Br)o2)c1. The summed E-state index contributed by atoms with van der Waals surface area (Å²) in [5.74, 6) is -1.83. The predicted molar refractivity (Wildman–Crippen MR) is 87.8 cm³/mol. The van der Waals surface area contributed by atoms with Gasteiger partial charge in [0, 0.05) is 5.69 Å². The Morgan fingerprint density at radius 2 is 1.92 bits per heavy atom. The molecule has 0 fully saturated rings. The minimum Gasteiger partial charge on any atom is -0.465 e. The topological polar surface area (TPSA) is 94.8 Å². The van der Waals surface area contributed by atoms with Crippen LogP contribution in [0.2, 0.25) is 0 Å². The first kappa shape index (κ1) is 17.7. The molecule has 0 atom stereocenters. The molecule has 1 N–H and O–H groups in total. The molecule has 0 saturated carbocycles. The summed E-state index contributed by atoms with van der Waals surface area (Å²) in [4.78, 5) is 35.1. The predicted octanol–water partition coefficient (Wildman–Crippen LogP) is 2.93. The molecule has 1 aromatic heterocycles. The molecule has 0 spiro atoms. The average Bonchev–Trinajstić information content (AvgIpc) is 3.00. The van der Waals surface area contributed by atoms with Gasteiger partial charge < -0.3 is 19.2 Å². The smallest absolute Gasteiger partial charge is 0.374 e. The molecule has 0 aliphatic carbocycles. The van der Waals surface area contributed by atoms with Gasteiger partial charge in [0.1, 0.15) is 0 Å². The van der Waals surface area contributed by atoms with Crippen LogP contribution in [-0.2, 0) is 14.3 Å². The highest BCUT2D eigenvalue weighted by Gasteiger charge is 2.15. The maximum absolute atomic E-state index is 11.9. The Labute approximate surface area is 146 Å². The lowest BCUT2D eigenvalue weighted by molar-refractivity contribution is -0.119. The molecule has 2 aromatic rings. The van der Waals surface area contributed by atoms with E-state index in [0.29, 0.717) is 15.9 Å². The Kier molecular flexibility index (Phi) is 5.75. The molecule has 7 nitrogen and oxygen atoms in total. The summed E-state index contributed by atoms with van der Waals surface area (Å²) in [7, 11) is 1.27. The second-order valence-electron chi connectivity index (χ2n) is 4.75. The zero-order valence-corrected chi connectivity index (χ0v) is 14.5. The number of rotatable bonds is 5. The number of carbonyl (C=O) groups is 3. The molecular formula is C16H14BrNO6. The van der Waals surface area contributed by atoms with E-state index in [9.17, 15) is 14.4 Å². The van der Waals surface area contributed by atoms with Crippen molar-refractivity contribution in [2.24, 2.45) is 0 Å². The molecule has 0 unspecified atom stereocenters. The van der Waals surface area contributed by atoms with Crippen LogP contribution in [0.5, 0.6) is 0 Å². The lowest BCUT2D eigenvalue weighted by atomic mass is 10.1. The molecule has 0 aliphatic heterocycles. The van der Waals surface area contributed by atoms with E-state index in [1.165, 1.54) is 19.2 Å². The van der Waals surface area contributed by atoms with Crippen molar-refractivity contribution in [2.45, 2.75) is 6.92 Å². The highest BCUT2D eigenvalue weighted by molar-refractivity contribution is 9.10. The molecule has 0 saturated heterocycles. The van der Waals surface area contributed by atoms with E-state index in [1.54, 1.807) is 25.1 Å². The lowest BCUT2D eigenvalue weighted by Crippen LogP contribution is -2.21. The maximum Gasteiger partial charge on any atom is 0.374 e. The van der Waals surface area contributed by atoms with Crippen LogP contribution < -0.4 is 5.32 Å². The van der Waals surface area contributed by atoms with Gasteiger partial charge in [0.05, 0.1) is 12.7 Å². The van der Waals surface area contributed by atoms with Gasteiger partial charge in [-0.3, -0.25) is 4.79 Å². The van der Waals surface area contributed by atoms with Crippen LogP contribution in [0.15, 0.2) is 39.4 Å². The first-order valence-electron chi connectivity index (χ1n) is 6.82. The second-order valence-corrected chi connectivity index (χ2v) is 5.53. The number of ether oxygens (including phenoxy) is 2. The second kappa shape index (κ2) is 7.78. The number of benzene rings is 1. The fraction of sp³-hybridized carbons (Fsp3) is 0.188. The minimum atomic E-state index is -0.754. The summed E-state index contributed by atoms with van der Waals surface area (Å²) in [5, 5.41) is 2.58. The largest absolute Gasteiger partial charge is 0.465 e. The van der Waals surface area contributed by atoms with E-state index in [2.05, 4.69) is 26.0 Å². The molecule has 1 aromatic carbocycles. The van der Waals surface area contributed by atoms with Crippen molar-refractivity contribution in [2.75, 3.05) is 19.0 Å². The number of nitrogens with one attached hydrogen (secondary N) is 1. The Hall–Kier alpha value is -2.61. The van der Waals surface area contributed by atoms with Crippen molar-refractivity contribution >= 4 is 39.5 Å². The molecule has 0 bridgehead atoms. The molecular weight excluding hydrogens is 382 g/mol. The zero-order chi connectivity index (χ0) is 17.7. The molecule has 1 heterocycles. The van der Waals surface area contributed by atoms with E-state index in [4.69, 9.17) is 9.15 Å². The lowest BCUT2D eigenvalue weighted by Gasteiger charge is -2.10. The number of halogens is 1. The molecule has 0 radical (unpaired) electrons. The normalized spacial score (nSPS) is 10.1. The molecule has 1 amide bonds. The zero-order valence-electron chi connectivity index (χ0n) is 12.9. The van der Waals surface area contributed by atoms with Crippen LogP contribution in [0.1, 0.15) is 26.5 Å². The molecule has 8 heteroatoms. The number of esters is 2. The number of amides is 1. The van der Waals surface area contributed by atoms with Crippen LogP contribution in [0.25, 0.3) is 0 Å². The number of methoxy groups -OCH3 is 1. The Bertz CT molecular complexity index is 783. The van der Waals surface area contributed by atoms with Gasteiger partial charge in [-0.25, -0.2) is 9.59 Å². The van der Waals surface area contributed by atoms with Crippen LogP contribution in [0.4, 0.5) is 5.69 Å². The fourth-order valence-electron chi connectivity index (χ4n) is 1.81. The summed E-state index contributed by atoms with van der Waals surface area (Å²) in [6, 6.07) is 7.72. The van der Waals surface area contributed by atoms with E-state index in [-0.39, 0.29) is 5.76 Å². The van der Waals surface area contributed by atoms with Crippen molar-refractivity contribution in [3.63, 3.8) is 0 Å². The van der Waals surface area contributed by atoms with Crippen LogP contribution >= 0.6 is 15.9 Å². The highest BCUT2D eigenvalue weighted by Crippen LogP contribution is 2.18. The Morgan fingerprint density at radius 3 is 2.54 bits per heavy atom. The van der Waals surface area contributed by atoms with Gasteiger partial charge in [0.2, 0.25) is 5.76 Å². The van der Waals surface area contributed by atoms with Gasteiger partial charge in [-0.15, -0.1) is 0 Å². The molecule has 2 rings (SSSR count). The number of furan rings is 1. The van der Waals surface area contributed by atoms with Gasteiger partial charge in [-0.1, -0.05) is 6.07 Å². The average molecular weight is 396 g/mol. The third-order valence-electron chi connectivity index (χ3n) is 3.04. The number of hydrogen-bond acceptors (Lipinski definition) is 6. The van der Waals surface area contributed by atoms with Gasteiger partial charge in [-0.2, -0.15) is 0 Å². The van der Waals surface area contributed by atoms with Crippen molar-refractivity contribution < 1.29 is 28.3 Å². The first-order valence-corrected chi connectivity index (χ1v) is 7.61. The van der Waals surface area contributed by atoms with E-state index in [1.807, 2.05) is 0 Å². The van der Waals surface area contributed by atoms with Gasteiger partial charge in [0.15, 0.2) is 11.3 Å². The van der Waals surface area contributed by atoms with Crippen molar-refractivity contribution in [1.82, 2.24) is 0 Å². The number of aryl methyl sites for hydroxylation is 1. The fourth-order valence-corrected chi connectivity index (χ4v) is 2.12. The number of hydrogen-bond donors (Lipinski definition) is 1. The summed E-state index contributed by atoms with van der Waals surface area (Å²) in [6.07, 6.45) is 0. The number of carbonyl (C=O) groups excluding carboxylic acids is 3. The summed E-state index contributed by atoms with van der Waals surface area (Å²) < 4.78 is 14.9. The molecule has 126 valence electrons. The van der Waals surface area contributed by atoms with Crippen molar-refractivity contribution in [3.05, 3.63) is 51.9 Å². The van der Waals surface area contributed by atoms with Crippen LogP contribution in [0, 0.1) is 6.92 Å². The van der Waals surface area contributed by atoms with E-state index >= 15 is 0 Å². The Morgan fingerprint density at radius 1 is 1.17 bits per heavy atom. The maximum atomic E-state index is 11.9. The standard InChI is InChI=1S/C16H14BrNO6/c1-9-3-4-10(15(20)22-2)7-11(9)18-14(19)8-23-16(21)12-5-6-13(17)24-12/h3-7H,8H2,1-2H3,(H,18,19). The van der Waals surface area contributed by atoms with E-state index in [0.717, 1.165) is 5.56 Å². The van der Waals surface area contributed by atoms with Crippen molar-refractivity contribution in [3.8, 4) is 0 Å². The number of anilines is 1. The van der Waals surface area contributed by atoms with Crippen LogP contribution in [0.3, 0.4) is 0 Å². The van der Waals surface area contributed by atoms with Crippen molar-refractivity contribution in [1.29, 1.82) is 0 Å². The van der Waals surface area contributed by atoms with E-state index < -0.39 is 24.5 Å². The highest BCUT2D eigenvalue weighted by atomic mass is 79.9. The summed E-state index contributed by atoms with van der Waals surface area (Å²) in [5.41, 5.74) is 1.48. The van der Waals surface area contributed by atoms with Gasteiger partial charge in [0.25, 0.3) is 5.91 Å². The van der Waals surface area contributed by atoms with Gasteiger partial charge >= 0.3 is 11.9 Å². The monoisotopic (exact) mass is 395 g/mol. The molecule has 0 aliphatic rings. The summed E-state index contributed by atoms with van der Waals surface area (Å²) >= 11 is 3.07. The third kappa shape index (κ3) is 4.45. The summed E-state index contributed by atoms with van der Waals surface area (Å²) in [6.45, 7) is 1.28. The quantitative estimate of drug-likeness (QED) is 0.781. The Balaban J connectivity index is 1.97. The van der Waals surface area contributed by atoms with Crippen LogP contribution in [-0.4, -0.2) is 31.6 Å². The first-order chi connectivity index (χ1) is 11.4. The van der Waals surface area contributed by atoms with Gasteiger partial charge in [-0.05, 0) is 52.7 Å². The molecule has 24 heavy (non-hydrogen) atoms. The third-order valence-corrected chi connectivity index (χ3v) is 3.47. The minimum absolute atomic E-state index is 0.0152.